The van der Waals surface area contributed by atoms with Crippen LogP contribution >= 0.6 is 34.8 Å². The number of phenolic OH excluding ortho intramolecular Hbond substituents is 1. The van der Waals surface area contributed by atoms with Crippen molar-refractivity contribution in [3.63, 3.8) is 0 Å². The smallest absolute Gasteiger partial charge is 0.219 e. The number of hydrogen-bond acceptors (Lipinski definition) is 4. The molecule has 0 radical (unpaired) electrons. The van der Waals surface area contributed by atoms with Crippen LogP contribution in [-0.2, 0) is 6.42 Å². The Labute approximate surface area is 134 Å². The lowest BCUT2D eigenvalue weighted by atomic mass is 10.1. The SMILES string of the molecule is CCc1c(O)c(Cl)cc2nc3cc(Cl)c(=O)c(Cl)c-3oc12. The molecule has 1 aromatic rings. The molecule has 1 aliphatic heterocycles. The van der Waals surface area contributed by atoms with Gasteiger partial charge in [-0.15, -0.1) is 0 Å². The van der Waals surface area contributed by atoms with Crippen molar-refractivity contribution in [2.75, 3.05) is 0 Å². The minimum absolute atomic E-state index is 0.0323. The predicted molar refractivity (Wildman–Crippen MR) is 83.0 cm³/mol. The van der Waals surface area contributed by atoms with Crippen LogP contribution in [0.5, 0.6) is 5.75 Å². The number of hydrogen-bond donors (Lipinski definition) is 1. The summed E-state index contributed by atoms with van der Waals surface area (Å²) in [6, 6.07) is 2.88. The molecule has 7 heteroatoms. The van der Waals surface area contributed by atoms with Crippen molar-refractivity contribution in [3.8, 4) is 17.2 Å². The third-order valence-corrected chi connectivity index (χ3v) is 4.10. The molecular weight excluding hydrogens is 337 g/mol. The van der Waals surface area contributed by atoms with Crippen molar-refractivity contribution in [3.05, 3.63) is 43.0 Å². The molecule has 0 fully saturated rings. The Morgan fingerprint density at radius 3 is 2.62 bits per heavy atom. The summed E-state index contributed by atoms with van der Waals surface area (Å²) in [6.45, 7) is 1.84. The van der Waals surface area contributed by atoms with Crippen LogP contribution in [0.3, 0.4) is 0 Å². The molecule has 0 unspecified atom stereocenters. The van der Waals surface area contributed by atoms with E-state index in [1.54, 1.807) is 0 Å². The lowest BCUT2D eigenvalue weighted by molar-refractivity contribution is 0.467. The van der Waals surface area contributed by atoms with E-state index in [0.29, 0.717) is 28.8 Å². The maximum absolute atomic E-state index is 11.8. The van der Waals surface area contributed by atoms with Gasteiger partial charge in [0.2, 0.25) is 5.43 Å². The van der Waals surface area contributed by atoms with Crippen LogP contribution in [0.2, 0.25) is 15.1 Å². The Morgan fingerprint density at radius 2 is 1.95 bits per heavy atom. The van der Waals surface area contributed by atoms with Gasteiger partial charge in [-0.3, -0.25) is 4.79 Å². The lowest BCUT2D eigenvalue weighted by Crippen LogP contribution is -2.06. The minimum atomic E-state index is -0.521. The summed E-state index contributed by atoms with van der Waals surface area (Å²) in [5, 5.41) is 10.0. The third kappa shape index (κ3) is 2.14. The van der Waals surface area contributed by atoms with Gasteiger partial charge < -0.3 is 9.52 Å². The van der Waals surface area contributed by atoms with Crippen molar-refractivity contribution >= 4 is 45.9 Å². The highest BCUT2D eigenvalue weighted by Crippen LogP contribution is 2.38. The monoisotopic (exact) mass is 343 g/mol. The number of aromatic nitrogens is 1. The molecule has 0 saturated carbocycles. The van der Waals surface area contributed by atoms with Gasteiger partial charge in [0.05, 0.1) is 10.0 Å². The Morgan fingerprint density at radius 1 is 1.24 bits per heavy atom. The summed E-state index contributed by atoms with van der Waals surface area (Å²) < 4.78 is 5.70. The van der Waals surface area contributed by atoms with Crippen LogP contribution in [0, 0.1) is 0 Å². The van der Waals surface area contributed by atoms with Gasteiger partial charge in [0.1, 0.15) is 22.0 Å². The topological polar surface area (TPSA) is 63.3 Å². The number of benzene rings is 2. The van der Waals surface area contributed by atoms with Gasteiger partial charge in [-0.1, -0.05) is 41.7 Å². The molecule has 4 nitrogen and oxygen atoms in total. The first-order chi connectivity index (χ1) is 9.93. The van der Waals surface area contributed by atoms with Gasteiger partial charge in [-0.25, -0.2) is 4.98 Å². The zero-order valence-corrected chi connectivity index (χ0v) is 13.0. The van der Waals surface area contributed by atoms with E-state index < -0.39 is 5.43 Å². The molecule has 0 bridgehead atoms. The largest absolute Gasteiger partial charge is 0.506 e. The summed E-state index contributed by atoms with van der Waals surface area (Å²) in [5.74, 6) is 0.0685. The van der Waals surface area contributed by atoms with E-state index in [0.717, 1.165) is 0 Å². The number of aryl methyl sites for hydroxylation is 1. The molecule has 21 heavy (non-hydrogen) atoms. The van der Waals surface area contributed by atoms with Crippen LogP contribution in [0.15, 0.2) is 21.3 Å². The number of rotatable bonds is 1. The number of halogens is 3. The zero-order valence-electron chi connectivity index (χ0n) is 10.7. The summed E-state index contributed by atoms with van der Waals surface area (Å²) in [6.07, 6.45) is 0.481. The first kappa shape index (κ1) is 14.4. The Hall–Kier alpha value is -1.49. The molecule has 0 spiro atoms. The Kier molecular flexibility index (Phi) is 3.48. The first-order valence-corrected chi connectivity index (χ1v) is 7.20. The molecule has 1 aliphatic carbocycles. The fourth-order valence-electron chi connectivity index (χ4n) is 2.17. The highest BCUT2D eigenvalue weighted by Gasteiger charge is 2.21. The van der Waals surface area contributed by atoms with Gasteiger partial charge in [0.15, 0.2) is 11.3 Å². The second-order valence-corrected chi connectivity index (χ2v) is 5.64. The van der Waals surface area contributed by atoms with Gasteiger partial charge in [0.25, 0.3) is 0 Å². The molecule has 2 aliphatic rings. The first-order valence-electron chi connectivity index (χ1n) is 6.07. The zero-order chi connectivity index (χ0) is 15.3. The molecule has 1 heterocycles. The third-order valence-electron chi connectivity index (χ3n) is 3.19. The molecule has 3 rings (SSSR count). The number of aromatic hydroxyl groups is 1. The molecule has 1 N–H and O–H groups in total. The van der Waals surface area contributed by atoms with E-state index in [1.165, 1.54) is 12.1 Å². The standard InChI is InChI=1S/C14H8Cl3NO3/c1-2-5-11(19)6(15)3-8-13(5)21-14-9(18-8)4-7(16)12(20)10(14)17/h3-4,19H,2H2,1H3. The van der Waals surface area contributed by atoms with E-state index in [2.05, 4.69) is 4.98 Å². The van der Waals surface area contributed by atoms with Crippen LogP contribution in [-0.4, -0.2) is 10.1 Å². The second-order valence-electron chi connectivity index (χ2n) is 4.45. The molecule has 108 valence electrons. The van der Waals surface area contributed by atoms with Crippen molar-refractivity contribution in [1.82, 2.24) is 4.98 Å². The van der Waals surface area contributed by atoms with Crippen molar-refractivity contribution in [2.24, 2.45) is 0 Å². The van der Waals surface area contributed by atoms with Crippen molar-refractivity contribution in [2.45, 2.75) is 13.3 Å². The Balaban J connectivity index is 2.54. The van der Waals surface area contributed by atoms with E-state index in [9.17, 15) is 9.90 Å². The molecule has 0 atom stereocenters. The van der Waals surface area contributed by atoms with E-state index >= 15 is 0 Å². The van der Waals surface area contributed by atoms with Crippen molar-refractivity contribution < 1.29 is 9.52 Å². The maximum atomic E-state index is 11.8. The molecular formula is C14H8Cl3NO3. The Bertz CT molecular complexity index is 904. The maximum Gasteiger partial charge on any atom is 0.219 e. The minimum Gasteiger partial charge on any atom is -0.506 e. The second kappa shape index (κ2) is 5.05. The quantitative estimate of drug-likeness (QED) is 0.659. The number of nitrogens with zero attached hydrogens (tertiary/aromatic N) is 1. The van der Waals surface area contributed by atoms with E-state index in [4.69, 9.17) is 39.2 Å². The predicted octanol–water partition coefficient (Wildman–Crippen LogP) is 4.52. The highest BCUT2D eigenvalue weighted by molar-refractivity contribution is 6.36. The molecule has 0 aromatic heterocycles. The summed E-state index contributed by atoms with van der Waals surface area (Å²) in [7, 11) is 0. The molecule has 1 aromatic carbocycles. The summed E-state index contributed by atoms with van der Waals surface area (Å²) in [5.41, 5.74) is 1.13. The molecule has 0 amide bonds. The van der Waals surface area contributed by atoms with Crippen LogP contribution in [0.25, 0.3) is 22.6 Å². The van der Waals surface area contributed by atoms with Crippen LogP contribution in [0.4, 0.5) is 0 Å². The average Bonchev–Trinajstić information content (AvgIpc) is 2.45. The number of fused-ring (bicyclic) bond motifs is 2. The van der Waals surface area contributed by atoms with Gasteiger partial charge in [-0.2, -0.15) is 0 Å². The van der Waals surface area contributed by atoms with Gasteiger partial charge in [0, 0.05) is 5.56 Å². The van der Waals surface area contributed by atoms with Crippen LogP contribution in [0.1, 0.15) is 12.5 Å². The number of phenols is 1. The summed E-state index contributed by atoms with van der Waals surface area (Å²) >= 11 is 17.8. The van der Waals surface area contributed by atoms with Crippen molar-refractivity contribution in [1.29, 1.82) is 0 Å². The lowest BCUT2D eigenvalue weighted by Gasteiger charge is -2.12. The molecule has 0 saturated heterocycles. The normalized spacial score (nSPS) is 11.4. The van der Waals surface area contributed by atoms with Gasteiger partial charge in [-0.05, 0) is 18.6 Å². The highest BCUT2D eigenvalue weighted by atomic mass is 35.5. The fourth-order valence-corrected chi connectivity index (χ4v) is 2.87. The van der Waals surface area contributed by atoms with Crippen LogP contribution < -0.4 is 5.43 Å². The summed E-state index contributed by atoms with van der Waals surface area (Å²) in [4.78, 5) is 16.1. The average molecular weight is 345 g/mol. The van der Waals surface area contributed by atoms with Gasteiger partial charge >= 0.3 is 0 Å². The van der Waals surface area contributed by atoms with E-state index in [1.807, 2.05) is 6.92 Å². The van der Waals surface area contributed by atoms with E-state index in [-0.39, 0.29) is 26.6 Å². The fraction of sp³-hybridized carbons (Fsp3) is 0.143.